The third-order valence-electron chi connectivity index (χ3n) is 3.86. The lowest BCUT2D eigenvalue weighted by Gasteiger charge is -2.21. The molecule has 0 aliphatic carbocycles. The summed E-state index contributed by atoms with van der Waals surface area (Å²) >= 11 is 0. The van der Waals surface area contributed by atoms with Crippen LogP contribution in [0.2, 0.25) is 0 Å². The van der Waals surface area contributed by atoms with E-state index >= 15 is 0 Å². The molecule has 0 fully saturated rings. The van der Waals surface area contributed by atoms with Gasteiger partial charge in [-0.3, -0.25) is 4.68 Å². The van der Waals surface area contributed by atoms with E-state index < -0.39 is 0 Å². The van der Waals surface area contributed by atoms with Crippen LogP contribution in [0.5, 0.6) is 0 Å². The Morgan fingerprint density at radius 1 is 1.27 bits per heavy atom. The molecule has 0 aromatic carbocycles. The van der Waals surface area contributed by atoms with E-state index in [1.807, 2.05) is 32.5 Å². The number of nitrogens with zero attached hydrogens (tertiary/aromatic N) is 2. The topological polar surface area (TPSA) is 79.2 Å². The standard InChI is InChI=1S/C16H30N4O2/c1-10(2)7-14(9-21)18-16(22)17-11(3)8-15-12(4)19-20(6)13(15)5/h10-11,14,21H,7-9H2,1-6H3,(H2,17,18,22). The van der Waals surface area contributed by atoms with Crippen LogP contribution in [0, 0.1) is 19.8 Å². The summed E-state index contributed by atoms with van der Waals surface area (Å²) < 4.78 is 1.86. The predicted molar refractivity (Wildman–Crippen MR) is 87.8 cm³/mol. The van der Waals surface area contributed by atoms with Gasteiger partial charge in [0.05, 0.1) is 18.3 Å². The minimum atomic E-state index is -0.230. The highest BCUT2D eigenvalue weighted by molar-refractivity contribution is 5.74. The van der Waals surface area contributed by atoms with Crippen LogP contribution < -0.4 is 10.6 Å². The highest BCUT2D eigenvalue weighted by Gasteiger charge is 2.17. The maximum absolute atomic E-state index is 12.0. The van der Waals surface area contributed by atoms with Crippen LogP contribution in [0.1, 0.15) is 44.1 Å². The fourth-order valence-corrected chi connectivity index (χ4v) is 2.67. The lowest BCUT2D eigenvalue weighted by atomic mass is 10.0. The zero-order valence-corrected chi connectivity index (χ0v) is 14.6. The molecular weight excluding hydrogens is 280 g/mol. The average Bonchev–Trinajstić information content (AvgIpc) is 2.63. The molecule has 0 radical (unpaired) electrons. The Kier molecular flexibility index (Phi) is 6.87. The minimum Gasteiger partial charge on any atom is -0.394 e. The summed E-state index contributed by atoms with van der Waals surface area (Å²) in [4.78, 5) is 12.0. The molecular formula is C16H30N4O2. The van der Waals surface area contributed by atoms with E-state index in [0.717, 1.165) is 24.2 Å². The molecule has 2 atom stereocenters. The number of carbonyl (C=O) groups is 1. The molecule has 0 saturated carbocycles. The van der Waals surface area contributed by atoms with E-state index in [-0.39, 0.29) is 24.7 Å². The van der Waals surface area contributed by atoms with Crippen molar-refractivity contribution in [2.75, 3.05) is 6.61 Å². The third kappa shape index (κ3) is 5.33. The van der Waals surface area contributed by atoms with Crippen molar-refractivity contribution in [2.45, 2.75) is 59.5 Å². The van der Waals surface area contributed by atoms with Gasteiger partial charge in [0.2, 0.25) is 0 Å². The fraction of sp³-hybridized carbons (Fsp3) is 0.750. The monoisotopic (exact) mass is 310 g/mol. The molecule has 3 N–H and O–H groups in total. The number of aromatic nitrogens is 2. The number of carbonyl (C=O) groups excluding carboxylic acids is 1. The molecule has 1 aromatic rings. The highest BCUT2D eigenvalue weighted by atomic mass is 16.3. The van der Waals surface area contributed by atoms with Gasteiger partial charge in [0.1, 0.15) is 0 Å². The van der Waals surface area contributed by atoms with Crippen molar-refractivity contribution in [1.82, 2.24) is 20.4 Å². The molecule has 2 unspecified atom stereocenters. The van der Waals surface area contributed by atoms with Gasteiger partial charge in [-0.15, -0.1) is 0 Å². The second-order valence-corrected chi connectivity index (χ2v) is 6.50. The zero-order chi connectivity index (χ0) is 16.9. The maximum Gasteiger partial charge on any atom is 0.315 e. The number of nitrogens with one attached hydrogen (secondary N) is 2. The largest absolute Gasteiger partial charge is 0.394 e. The molecule has 1 rings (SSSR count). The average molecular weight is 310 g/mol. The van der Waals surface area contributed by atoms with E-state index in [2.05, 4.69) is 29.6 Å². The molecule has 6 nitrogen and oxygen atoms in total. The Morgan fingerprint density at radius 2 is 1.91 bits per heavy atom. The lowest BCUT2D eigenvalue weighted by molar-refractivity contribution is 0.205. The van der Waals surface area contributed by atoms with E-state index in [9.17, 15) is 9.90 Å². The van der Waals surface area contributed by atoms with Crippen LogP contribution in [-0.4, -0.2) is 39.6 Å². The highest BCUT2D eigenvalue weighted by Crippen LogP contribution is 2.14. The zero-order valence-electron chi connectivity index (χ0n) is 14.6. The Labute approximate surface area is 133 Å². The van der Waals surface area contributed by atoms with Gasteiger partial charge >= 0.3 is 6.03 Å². The van der Waals surface area contributed by atoms with Crippen molar-refractivity contribution < 1.29 is 9.90 Å². The quantitative estimate of drug-likeness (QED) is 0.717. The van der Waals surface area contributed by atoms with E-state index in [0.29, 0.717) is 5.92 Å². The van der Waals surface area contributed by atoms with Crippen molar-refractivity contribution >= 4 is 6.03 Å². The van der Waals surface area contributed by atoms with Crippen LogP contribution in [-0.2, 0) is 13.5 Å². The first-order valence-electron chi connectivity index (χ1n) is 7.91. The smallest absolute Gasteiger partial charge is 0.315 e. The Bertz CT molecular complexity index is 497. The number of hydrogen-bond acceptors (Lipinski definition) is 3. The number of aliphatic hydroxyl groups excluding tert-OH is 1. The van der Waals surface area contributed by atoms with Gasteiger partial charge < -0.3 is 15.7 Å². The normalized spacial score (nSPS) is 14.0. The molecule has 2 amide bonds. The van der Waals surface area contributed by atoms with Gasteiger partial charge in [0.25, 0.3) is 0 Å². The predicted octanol–water partition coefficient (Wildman–Crippen LogP) is 1.67. The summed E-state index contributed by atoms with van der Waals surface area (Å²) in [7, 11) is 1.92. The van der Waals surface area contributed by atoms with Crippen molar-refractivity contribution in [2.24, 2.45) is 13.0 Å². The molecule has 126 valence electrons. The summed E-state index contributed by atoms with van der Waals surface area (Å²) in [6.45, 7) is 10.1. The SMILES string of the molecule is Cc1nn(C)c(C)c1CC(C)NC(=O)NC(CO)CC(C)C. The van der Waals surface area contributed by atoms with Gasteiger partial charge in [0.15, 0.2) is 0 Å². The van der Waals surface area contributed by atoms with Gasteiger partial charge in [0, 0.05) is 18.8 Å². The first kappa shape index (κ1) is 18.5. The first-order chi connectivity index (χ1) is 10.2. The van der Waals surface area contributed by atoms with Crippen LogP contribution in [0.3, 0.4) is 0 Å². The van der Waals surface area contributed by atoms with Gasteiger partial charge in [-0.2, -0.15) is 5.10 Å². The lowest BCUT2D eigenvalue weighted by Crippen LogP contribution is -2.47. The van der Waals surface area contributed by atoms with Crippen molar-refractivity contribution in [3.63, 3.8) is 0 Å². The number of urea groups is 1. The molecule has 1 heterocycles. The second-order valence-electron chi connectivity index (χ2n) is 6.50. The minimum absolute atomic E-state index is 0.00000661. The van der Waals surface area contributed by atoms with Crippen LogP contribution >= 0.6 is 0 Å². The van der Waals surface area contributed by atoms with Crippen molar-refractivity contribution in [3.05, 3.63) is 17.0 Å². The fourth-order valence-electron chi connectivity index (χ4n) is 2.67. The van der Waals surface area contributed by atoms with Crippen molar-refractivity contribution in [1.29, 1.82) is 0 Å². The third-order valence-corrected chi connectivity index (χ3v) is 3.86. The van der Waals surface area contributed by atoms with E-state index in [1.165, 1.54) is 5.56 Å². The molecule has 0 aliphatic rings. The molecule has 22 heavy (non-hydrogen) atoms. The van der Waals surface area contributed by atoms with Crippen LogP contribution in [0.25, 0.3) is 0 Å². The van der Waals surface area contributed by atoms with E-state index in [1.54, 1.807) is 0 Å². The number of rotatable bonds is 7. The Hall–Kier alpha value is -1.56. The summed E-state index contributed by atoms with van der Waals surface area (Å²) in [5, 5.41) is 19.5. The second kappa shape index (κ2) is 8.17. The Balaban J connectivity index is 2.53. The van der Waals surface area contributed by atoms with Crippen LogP contribution in [0.15, 0.2) is 0 Å². The molecule has 0 bridgehead atoms. The van der Waals surface area contributed by atoms with Gasteiger partial charge in [-0.1, -0.05) is 13.8 Å². The summed E-state index contributed by atoms with van der Waals surface area (Å²) in [5.41, 5.74) is 3.30. The summed E-state index contributed by atoms with van der Waals surface area (Å²) in [5.74, 6) is 0.426. The van der Waals surface area contributed by atoms with Crippen LogP contribution in [0.4, 0.5) is 4.79 Å². The molecule has 1 aromatic heterocycles. The number of amides is 2. The number of aliphatic hydroxyl groups is 1. The Morgan fingerprint density at radius 3 is 2.36 bits per heavy atom. The molecule has 6 heteroatoms. The van der Waals surface area contributed by atoms with E-state index in [4.69, 9.17) is 0 Å². The number of hydrogen-bond donors (Lipinski definition) is 3. The number of aryl methyl sites for hydroxylation is 2. The summed E-state index contributed by atoms with van der Waals surface area (Å²) in [6, 6.07) is -0.430. The first-order valence-corrected chi connectivity index (χ1v) is 7.91. The van der Waals surface area contributed by atoms with Gasteiger partial charge in [-0.05, 0) is 45.1 Å². The maximum atomic E-state index is 12.0. The molecule has 0 aliphatic heterocycles. The van der Waals surface area contributed by atoms with Crippen molar-refractivity contribution in [3.8, 4) is 0 Å². The van der Waals surface area contributed by atoms with Gasteiger partial charge in [-0.25, -0.2) is 4.79 Å². The summed E-state index contributed by atoms with van der Waals surface area (Å²) in [6.07, 6.45) is 1.51. The molecule has 0 spiro atoms. The molecule has 0 saturated heterocycles.